The predicted octanol–water partition coefficient (Wildman–Crippen LogP) is 5.57. The summed E-state index contributed by atoms with van der Waals surface area (Å²) in [4.78, 5) is 14.4. The van der Waals surface area contributed by atoms with E-state index in [9.17, 15) is 0 Å². The van der Waals surface area contributed by atoms with E-state index in [4.69, 9.17) is 9.97 Å². The second-order valence-electron chi connectivity index (χ2n) is 8.51. The van der Waals surface area contributed by atoms with E-state index in [-0.39, 0.29) is 0 Å². The highest BCUT2D eigenvalue weighted by Gasteiger charge is 2.32. The lowest BCUT2D eigenvalue weighted by Gasteiger charge is -2.10. The zero-order chi connectivity index (χ0) is 20.1. The smallest absolute Gasteiger partial charge is 0.148 e. The Morgan fingerprint density at radius 1 is 0.677 bits per heavy atom. The Hall–Kier alpha value is -4.05. The monoisotopic (exact) mass is 396 g/mol. The van der Waals surface area contributed by atoms with E-state index in [1.165, 1.54) is 39.1 Å². The molecule has 4 heteroatoms. The summed E-state index contributed by atoms with van der Waals surface area (Å²) in [5, 5.41) is 3.36. The summed E-state index contributed by atoms with van der Waals surface area (Å²) in [5.74, 6) is 0. The fourth-order valence-electron chi connectivity index (χ4n) is 5.68. The van der Waals surface area contributed by atoms with Gasteiger partial charge in [-0.1, -0.05) is 36.4 Å². The minimum Gasteiger partial charge on any atom is -0.279 e. The third-order valence-corrected chi connectivity index (χ3v) is 6.96. The van der Waals surface area contributed by atoms with Crippen LogP contribution in [0.4, 0.5) is 0 Å². The van der Waals surface area contributed by atoms with Crippen LogP contribution in [-0.2, 0) is 12.8 Å². The molecule has 0 saturated heterocycles. The molecule has 0 spiro atoms. The summed E-state index contributed by atoms with van der Waals surface area (Å²) in [5.41, 5.74) is 12.5. The summed E-state index contributed by atoms with van der Waals surface area (Å²) >= 11 is 0. The number of benzene rings is 2. The van der Waals surface area contributed by atoms with Crippen LogP contribution >= 0.6 is 0 Å². The zero-order valence-electron chi connectivity index (χ0n) is 16.6. The van der Waals surface area contributed by atoms with Gasteiger partial charge < -0.3 is 0 Å². The molecular formula is C27H16N4. The van der Waals surface area contributed by atoms with Crippen molar-refractivity contribution in [2.24, 2.45) is 0 Å². The average molecular weight is 396 g/mol. The van der Waals surface area contributed by atoms with Gasteiger partial charge in [0.1, 0.15) is 11.3 Å². The molecule has 0 radical (unpaired) electrons. The molecule has 0 unspecified atom stereocenters. The second-order valence-corrected chi connectivity index (χ2v) is 8.51. The molecule has 4 aromatic heterocycles. The van der Waals surface area contributed by atoms with Gasteiger partial charge in [0.15, 0.2) is 0 Å². The van der Waals surface area contributed by atoms with Crippen molar-refractivity contribution >= 4 is 27.5 Å². The van der Waals surface area contributed by atoms with Crippen LogP contribution < -0.4 is 0 Å². The maximum absolute atomic E-state index is 5.25. The molecule has 0 aliphatic heterocycles. The Kier molecular flexibility index (Phi) is 2.72. The Balaban J connectivity index is 1.55. The van der Waals surface area contributed by atoms with Crippen LogP contribution in [0, 0.1) is 0 Å². The number of hydrogen-bond acceptors (Lipinski definition) is 3. The topological polar surface area (TPSA) is 43.1 Å². The maximum Gasteiger partial charge on any atom is 0.148 e. The first-order valence-corrected chi connectivity index (χ1v) is 10.6. The molecule has 0 fully saturated rings. The molecule has 0 N–H and O–H groups in total. The van der Waals surface area contributed by atoms with E-state index in [1.807, 2.05) is 24.7 Å². The van der Waals surface area contributed by atoms with Gasteiger partial charge in [-0.05, 0) is 57.8 Å². The van der Waals surface area contributed by atoms with Crippen LogP contribution in [-0.4, -0.2) is 19.4 Å². The predicted molar refractivity (Wildman–Crippen MR) is 122 cm³/mol. The van der Waals surface area contributed by atoms with E-state index in [1.54, 1.807) is 0 Å². The number of pyridine rings is 3. The van der Waals surface area contributed by atoms with Gasteiger partial charge in [-0.2, -0.15) is 0 Å². The van der Waals surface area contributed by atoms with E-state index in [0.29, 0.717) is 0 Å². The number of aromatic nitrogens is 4. The molecule has 0 bridgehead atoms. The normalized spacial score (nSPS) is 13.5. The molecule has 2 aliphatic rings. The van der Waals surface area contributed by atoms with Gasteiger partial charge in [0, 0.05) is 41.3 Å². The molecular weight excluding hydrogens is 380 g/mol. The Morgan fingerprint density at radius 3 is 2.55 bits per heavy atom. The molecule has 0 saturated carbocycles. The van der Waals surface area contributed by atoms with Crippen molar-refractivity contribution < 1.29 is 0 Å². The molecule has 0 amide bonds. The molecule has 4 heterocycles. The van der Waals surface area contributed by atoms with Crippen molar-refractivity contribution in [1.82, 2.24) is 19.4 Å². The standard InChI is InChI=1S/C27H16N4/c1-2-5-18-15(4-1)12-16-7-8-17-13-22-25(24(17)23(16)18)30-27-21-14-28-11-9-19(21)20-6-3-10-29-26(20)31(22)27/h1-11,14H,12-13H2. The van der Waals surface area contributed by atoms with E-state index in [0.717, 1.165) is 46.0 Å². The van der Waals surface area contributed by atoms with Crippen molar-refractivity contribution in [3.63, 3.8) is 0 Å². The summed E-state index contributed by atoms with van der Waals surface area (Å²) in [6, 6.07) is 19.6. The number of imidazole rings is 1. The second kappa shape index (κ2) is 5.35. The molecule has 144 valence electrons. The number of rotatable bonds is 0. The summed E-state index contributed by atoms with van der Waals surface area (Å²) < 4.78 is 2.27. The van der Waals surface area contributed by atoms with Gasteiger partial charge in [-0.25, -0.2) is 9.97 Å². The number of fused-ring (bicyclic) bond motifs is 14. The molecule has 4 nitrogen and oxygen atoms in total. The third-order valence-electron chi connectivity index (χ3n) is 6.96. The summed E-state index contributed by atoms with van der Waals surface area (Å²) in [7, 11) is 0. The lowest BCUT2D eigenvalue weighted by atomic mass is 9.96. The molecule has 2 aliphatic carbocycles. The summed E-state index contributed by atoms with van der Waals surface area (Å²) in [6.45, 7) is 0. The van der Waals surface area contributed by atoms with Crippen molar-refractivity contribution in [2.75, 3.05) is 0 Å². The van der Waals surface area contributed by atoms with Gasteiger partial charge in [-0.3, -0.25) is 9.38 Å². The SMILES string of the molecule is c1ccc2c(c1)Cc1ccc3c(c1-2)-c1nc2c4cnccc4c4cccnc4n2c1C3. The zero-order valence-corrected chi connectivity index (χ0v) is 16.6. The first-order valence-electron chi connectivity index (χ1n) is 10.6. The number of nitrogens with zero attached hydrogens (tertiary/aromatic N) is 4. The van der Waals surface area contributed by atoms with Crippen molar-refractivity contribution in [3.05, 3.63) is 95.6 Å². The lowest BCUT2D eigenvalue weighted by Crippen LogP contribution is -1.98. The van der Waals surface area contributed by atoms with Crippen molar-refractivity contribution in [1.29, 1.82) is 0 Å². The molecule has 0 atom stereocenters. The van der Waals surface area contributed by atoms with E-state index in [2.05, 4.69) is 57.9 Å². The molecule has 8 rings (SSSR count). The average Bonchev–Trinajstić information content (AvgIpc) is 3.48. The fourth-order valence-corrected chi connectivity index (χ4v) is 5.68. The number of hydrogen-bond donors (Lipinski definition) is 0. The van der Waals surface area contributed by atoms with Crippen LogP contribution in [0.25, 0.3) is 49.8 Å². The van der Waals surface area contributed by atoms with Crippen molar-refractivity contribution in [3.8, 4) is 22.4 Å². The van der Waals surface area contributed by atoms with E-state index >= 15 is 0 Å². The van der Waals surface area contributed by atoms with E-state index < -0.39 is 0 Å². The van der Waals surface area contributed by atoms with Crippen LogP contribution in [0.1, 0.15) is 22.4 Å². The highest BCUT2D eigenvalue weighted by Crippen LogP contribution is 2.49. The quantitative estimate of drug-likeness (QED) is 0.315. The maximum atomic E-state index is 5.25. The Bertz CT molecular complexity index is 1740. The van der Waals surface area contributed by atoms with Gasteiger partial charge in [0.2, 0.25) is 0 Å². The highest BCUT2D eigenvalue weighted by molar-refractivity contribution is 6.11. The van der Waals surface area contributed by atoms with Gasteiger partial charge in [0.05, 0.1) is 11.4 Å². The van der Waals surface area contributed by atoms with Crippen molar-refractivity contribution in [2.45, 2.75) is 12.8 Å². The first kappa shape index (κ1) is 15.7. The van der Waals surface area contributed by atoms with Gasteiger partial charge in [-0.15, -0.1) is 0 Å². The third kappa shape index (κ3) is 1.84. The fraction of sp³-hybridized carbons (Fsp3) is 0.0741. The molecule has 6 aromatic rings. The van der Waals surface area contributed by atoms with Gasteiger partial charge in [0.25, 0.3) is 0 Å². The minimum absolute atomic E-state index is 0.874. The minimum atomic E-state index is 0.874. The Labute approximate surface area is 177 Å². The van der Waals surface area contributed by atoms with Crippen LogP contribution in [0.3, 0.4) is 0 Å². The van der Waals surface area contributed by atoms with Gasteiger partial charge >= 0.3 is 0 Å². The lowest BCUT2D eigenvalue weighted by molar-refractivity contribution is 1.07. The van der Waals surface area contributed by atoms with Crippen LogP contribution in [0.15, 0.2) is 73.2 Å². The molecule has 31 heavy (non-hydrogen) atoms. The highest BCUT2D eigenvalue weighted by atomic mass is 15.1. The van der Waals surface area contributed by atoms with Crippen LogP contribution in [0.2, 0.25) is 0 Å². The largest absolute Gasteiger partial charge is 0.279 e. The van der Waals surface area contributed by atoms with Crippen LogP contribution in [0.5, 0.6) is 0 Å². The summed E-state index contributed by atoms with van der Waals surface area (Å²) in [6.07, 6.45) is 7.53. The first-order chi connectivity index (χ1) is 15.4. The Morgan fingerprint density at radius 2 is 1.58 bits per heavy atom. The molecule has 2 aromatic carbocycles.